The highest BCUT2D eigenvalue weighted by Gasteiger charge is 2.28. The summed E-state index contributed by atoms with van der Waals surface area (Å²) in [5, 5.41) is 6.85. The zero-order valence-corrected chi connectivity index (χ0v) is 18.0. The van der Waals surface area contributed by atoms with Gasteiger partial charge in [-0.25, -0.2) is 4.79 Å². The molecule has 0 bridgehead atoms. The highest BCUT2D eigenvalue weighted by molar-refractivity contribution is 6.33. The molecule has 0 radical (unpaired) electrons. The van der Waals surface area contributed by atoms with E-state index in [9.17, 15) is 19.2 Å². The fourth-order valence-electron chi connectivity index (χ4n) is 2.88. The van der Waals surface area contributed by atoms with Gasteiger partial charge in [-0.1, -0.05) is 29.8 Å². The number of nitrogens with one attached hydrogen (secondary N) is 3. The summed E-state index contributed by atoms with van der Waals surface area (Å²) < 4.78 is 11.2. The van der Waals surface area contributed by atoms with Gasteiger partial charge < -0.3 is 14.8 Å². The smallest absolute Gasteiger partial charge is 0.328 e. The number of imide groups is 2. The lowest BCUT2D eigenvalue weighted by Gasteiger charge is -2.16. The maximum absolute atomic E-state index is 12.3. The maximum Gasteiger partial charge on any atom is 0.328 e. The molecule has 0 aromatic heterocycles. The van der Waals surface area contributed by atoms with E-state index in [1.165, 1.54) is 18.2 Å². The first-order chi connectivity index (χ1) is 15.3. The van der Waals surface area contributed by atoms with Crippen LogP contribution in [0.3, 0.4) is 0 Å². The van der Waals surface area contributed by atoms with Gasteiger partial charge in [0.1, 0.15) is 5.57 Å². The zero-order chi connectivity index (χ0) is 23.3. The molecule has 1 aliphatic rings. The molecule has 10 heteroatoms. The number of urea groups is 1. The number of carbonyl (C=O) groups is 4. The first-order valence-corrected chi connectivity index (χ1v) is 9.99. The second kappa shape index (κ2) is 9.97. The number of carbonyl (C=O) groups excluding carboxylic acids is 4. The fraction of sp³-hybridized carbons (Fsp3) is 0.182. The molecule has 3 N–H and O–H groups in total. The molecule has 9 nitrogen and oxygen atoms in total. The van der Waals surface area contributed by atoms with E-state index in [0.29, 0.717) is 11.3 Å². The van der Waals surface area contributed by atoms with Gasteiger partial charge in [0.05, 0.1) is 11.6 Å². The van der Waals surface area contributed by atoms with Crippen LogP contribution in [0.5, 0.6) is 11.5 Å². The molecule has 2 aromatic rings. The molecular formula is C22H20ClN3O6. The Bertz CT molecular complexity index is 1110. The van der Waals surface area contributed by atoms with Gasteiger partial charge in [0.25, 0.3) is 17.7 Å². The summed E-state index contributed by atoms with van der Waals surface area (Å²) >= 11 is 6.33. The Morgan fingerprint density at radius 1 is 1.09 bits per heavy atom. The van der Waals surface area contributed by atoms with Crippen LogP contribution in [0.25, 0.3) is 6.08 Å². The number of amides is 5. The number of rotatable bonds is 7. The molecule has 0 spiro atoms. The van der Waals surface area contributed by atoms with E-state index in [4.69, 9.17) is 21.1 Å². The molecule has 0 aliphatic carbocycles. The van der Waals surface area contributed by atoms with Crippen molar-refractivity contribution in [3.63, 3.8) is 0 Å². The Morgan fingerprint density at radius 2 is 1.78 bits per heavy atom. The van der Waals surface area contributed by atoms with Crippen molar-refractivity contribution < 1.29 is 28.7 Å². The van der Waals surface area contributed by atoms with E-state index >= 15 is 0 Å². The molecule has 1 saturated heterocycles. The van der Waals surface area contributed by atoms with E-state index in [2.05, 4.69) is 5.32 Å². The van der Waals surface area contributed by atoms with E-state index in [0.717, 1.165) is 5.56 Å². The number of benzene rings is 2. The van der Waals surface area contributed by atoms with Crippen LogP contribution in [0, 0.1) is 6.92 Å². The van der Waals surface area contributed by atoms with Crippen LogP contribution in [0.1, 0.15) is 18.1 Å². The largest absolute Gasteiger partial charge is 0.490 e. The molecule has 32 heavy (non-hydrogen) atoms. The van der Waals surface area contributed by atoms with Crippen LogP contribution < -0.4 is 25.4 Å². The third-order valence-corrected chi connectivity index (χ3v) is 4.63. The van der Waals surface area contributed by atoms with Crippen molar-refractivity contribution in [2.75, 3.05) is 18.5 Å². The maximum atomic E-state index is 12.3. The molecule has 1 aliphatic heterocycles. The van der Waals surface area contributed by atoms with E-state index < -0.39 is 17.8 Å². The number of ether oxygens (including phenoxy) is 2. The average Bonchev–Trinajstić information content (AvgIpc) is 2.72. The van der Waals surface area contributed by atoms with Crippen LogP contribution in [-0.2, 0) is 14.4 Å². The summed E-state index contributed by atoms with van der Waals surface area (Å²) in [7, 11) is 0. The van der Waals surface area contributed by atoms with Gasteiger partial charge >= 0.3 is 6.03 Å². The Balaban J connectivity index is 1.80. The minimum Gasteiger partial charge on any atom is -0.490 e. The predicted octanol–water partition coefficient (Wildman–Crippen LogP) is 2.81. The molecule has 1 heterocycles. The molecule has 166 valence electrons. The van der Waals surface area contributed by atoms with Crippen molar-refractivity contribution in [2.45, 2.75) is 13.8 Å². The Morgan fingerprint density at radius 3 is 2.44 bits per heavy atom. The van der Waals surface area contributed by atoms with Crippen LogP contribution in [-0.4, -0.2) is 37.0 Å². The standard InChI is InChI=1S/C22H20ClN3O6/c1-3-31-17-10-13(8-14-20(28)25-22(30)26-21(14)29)9-15(23)19(17)32-11-18(27)24-16-7-5-4-6-12(16)2/h4-10H,3,11H2,1-2H3,(H,24,27)(H2,25,26,28,29,30). The van der Waals surface area contributed by atoms with Gasteiger partial charge in [-0.05, 0) is 49.2 Å². The normalized spacial score (nSPS) is 13.2. The minimum absolute atomic E-state index is 0.110. The quantitative estimate of drug-likeness (QED) is 0.434. The van der Waals surface area contributed by atoms with Gasteiger partial charge in [0.15, 0.2) is 18.1 Å². The van der Waals surface area contributed by atoms with Gasteiger partial charge in [-0.3, -0.25) is 25.0 Å². The molecule has 0 unspecified atom stereocenters. The van der Waals surface area contributed by atoms with Crippen molar-refractivity contribution in [1.29, 1.82) is 0 Å². The zero-order valence-electron chi connectivity index (χ0n) is 17.3. The van der Waals surface area contributed by atoms with Crippen molar-refractivity contribution >= 4 is 47.1 Å². The highest BCUT2D eigenvalue weighted by atomic mass is 35.5. The topological polar surface area (TPSA) is 123 Å². The van der Waals surface area contributed by atoms with Gasteiger partial charge in [0.2, 0.25) is 0 Å². The number of hydrogen-bond acceptors (Lipinski definition) is 6. The summed E-state index contributed by atoms with van der Waals surface area (Å²) in [4.78, 5) is 47.4. The molecule has 1 fully saturated rings. The monoisotopic (exact) mass is 457 g/mol. The molecule has 0 saturated carbocycles. The highest BCUT2D eigenvalue weighted by Crippen LogP contribution is 2.37. The molecular weight excluding hydrogens is 438 g/mol. The molecule has 3 rings (SSSR count). The summed E-state index contributed by atoms with van der Waals surface area (Å²) in [6.45, 7) is 3.58. The third-order valence-electron chi connectivity index (χ3n) is 4.35. The minimum atomic E-state index is -0.891. The second-order valence-corrected chi connectivity index (χ2v) is 7.12. The lowest BCUT2D eigenvalue weighted by atomic mass is 10.1. The van der Waals surface area contributed by atoms with Crippen molar-refractivity contribution in [2.24, 2.45) is 0 Å². The van der Waals surface area contributed by atoms with E-state index in [1.807, 2.05) is 35.8 Å². The van der Waals surface area contributed by atoms with E-state index in [-0.39, 0.29) is 41.2 Å². The number of halogens is 1. The number of anilines is 1. The van der Waals surface area contributed by atoms with Crippen molar-refractivity contribution in [3.8, 4) is 11.5 Å². The summed E-state index contributed by atoms with van der Waals surface area (Å²) in [5.41, 5.74) is 1.67. The second-order valence-electron chi connectivity index (χ2n) is 6.71. The van der Waals surface area contributed by atoms with Crippen LogP contribution in [0.4, 0.5) is 10.5 Å². The first kappa shape index (κ1) is 22.8. The Hall–Kier alpha value is -3.85. The SMILES string of the molecule is CCOc1cc(C=C2C(=O)NC(=O)NC2=O)cc(Cl)c1OCC(=O)Nc1ccccc1C. The van der Waals surface area contributed by atoms with Gasteiger partial charge in [-0.2, -0.15) is 0 Å². The average molecular weight is 458 g/mol. The molecule has 5 amide bonds. The predicted molar refractivity (Wildman–Crippen MR) is 118 cm³/mol. The Kier molecular flexibility index (Phi) is 7.11. The number of barbiturate groups is 1. The van der Waals surface area contributed by atoms with Crippen LogP contribution in [0.2, 0.25) is 5.02 Å². The number of aryl methyl sites for hydroxylation is 1. The molecule has 0 atom stereocenters. The lowest BCUT2D eigenvalue weighted by Crippen LogP contribution is -2.51. The van der Waals surface area contributed by atoms with E-state index in [1.54, 1.807) is 13.0 Å². The fourth-order valence-corrected chi connectivity index (χ4v) is 3.16. The number of hydrogen-bond donors (Lipinski definition) is 3. The lowest BCUT2D eigenvalue weighted by molar-refractivity contribution is -0.124. The third kappa shape index (κ3) is 5.44. The first-order valence-electron chi connectivity index (χ1n) is 9.61. The van der Waals surface area contributed by atoms with Gasteiger partial charge in [0, 0.05) is 5.69 Å². The van der Waals surface area contributed by atoms with Crippen LogP contribution >= 0.6 is 11.6 Å². The van der Waals surface area contributed by atoms with Crippen LogP contribution in [0.15, 0.2) is 42.0 Å². The van der Waals surface area contributed by atoms with Crippen molar-refractivity contribution in [1.82, 2.24) is 10.6 Å². The summed E-state index contributed by atoms with van der Waals surface area (Å²) in [5.74, 6) is -1.68. The van der Waals surface area contributed by atoms with Crippen molar-refractivity contribution in [3.05, 3.63) is 58.1 Å². The Labute approximate surface area is 188 Å². The number of para-hydroxylation sites is 1. The molecule has 2 aromatic carbocycles. The van der Waals surface area contributed by atoms with Gasteiger partial charge in [-0.15, -0.1) is 0 Å². The summed E-state index contributed by atoms with van der Waals surface area (Å²) in [6.07, 6.45) is 1.26. The summed E-state index contributed by atoms with van der Waals surface area (Å²) in [6, 6.07) is 9.39.